The van der Waals surface area contributed by atoms with Crippen molar-refractivity contribution in [2.45, 2.75) is 11.8 Å². The fourth-order valence-electron chi connectivity index (χ4n) is 2.12. The lowest BCUT2D eigenvalue weighted by atomic mass is 9.89. The summed E-state index contributed by atoms with van der Waals surface area (Å²) in [5.74, 6) is 0. The monoisotopic (exact) mass is 215 g/mol. The second kappa shape index (κ2) is 3.35. The van der Waals surface area contributed by atoms with E-state index in [1.165, 1.54) is 16.7 Å². The van der Waals surface area contributed by atoms with Crippen molar-refractivity contribution in [3.63, 3.8) is 0 Å². The normalized spacial score (nSPS) is 18.1. The van der Waals surface area contributed by atoms with Gasteiger partial charge in [0.15, 0.2) is 0 Å². The second-order valence-corrected chi connectivity index (χ2v) is 4.22. The van der Waals surface area contributed by atoms with E-state index in [2.05, 4.69) is 29.2 Å². The molecule has 0 saturated heterocycles. The summed E-state index contributed by atoms with van der Waals surface area (Å²) < 4.78 is 0. The topological polar surface area (TPSA) is 12.9 Å². The van der Waals surface area contributed by atoms with E-state index in [-0.39, 0.29) is 5.38 Å². The van der Waals surface area contributed by atoms with Crippen LogP contribution in [0.25, 0.3) is 0 Å². The summed E-state index contributed by atoms with van der Waals surface area (Å²) in [5, 5.41) is -0.0915. The van der Waals surface area contributed by atoms with Gasteiger partial charge in [-0.15, -0.1) is 11.6 Å². The zero-order valence-electron chi connectivity index (χ0n) is 8.15. The van der Waals surface area contributed by atoms with Crippen LogP contribution in [0, 0.1) is 0 Å². The molecule has 2 aromatic rings. The Bertz CT molecular complexity index is 462. The standard InChI is InChI=1S/C13H10ClN/c14-12-11-6-2-1-4-9(11)8-10-5-3-7-15-13(10)12/h1-7,12H,8H2/t12-/m0/s1. The van der Waals surface area contributed by atoms with Crippen LogP contribution in [0.1, 0.15) is 27.8 Å². The van der Waals surface area contributed by atoms with Gasteiger partial charge in [-0.3, -0.25) is 4.98 Å². The van der Waals surface area contributed by atoms with Crippen LogP contribution in [-0.4, -0.2) is 4.98 Å². The highest BCUT2D eigenvalue weighted by molar-refractivity contribution is 6.22. The zero-order valence-corrected chi connectivity index (χ0v) is 8.91. The van der Waals surface area contributed by atoms with Gasteiger partial charge in [-0.1, -0.05) is 30.3 Å². The third-order valence-corrected chi connectivity index (χ3v) is 3.32. The fourth-order valence-corrected chi connectivity index (χ4v) is 2.53. The Labute approximate surface area is 93.7 Å². The van der Waals surface area contributed by atoms with Crippen LogP contribution >= 0.6 is 11.6 Å². The third-order valence-electron chi connectivity index (χ3n) is 2.88. The molecule has 1 aliphatic carbocycles. The highest BCUT2D eigenvalue weighted by Gasteiger charge is 2.23. The predicted molar refractivity (Wildman–Crippen MR) is 61.2 cm³/mol. The zero-order chi connectivity index (χ0) is 10.3. The summed E-state index contributed by atoms with van der Waals surface area (Å²) in [6, 6.07) is 12.4. The van der Waals surface area contributed by atoms with Crippen LogP contribution in [0.4, 0.5) is 0 Å². The van der Waals surface area contributed by atoms with E-state index in [0.29, 0.717) is 0 Å². The van der Waals surface area contributed by atoms with Gasteiger partial charge in [0.05, 0.1) is 5.69 Å². The maximum absolute atomic E-state index is 6.42. The molecule has 1 nitrogen and oxygen atoms in total. The summed E-state index contributed by atoms with van der Waals surface area (Å²) in [5.41, 5.74) is 4.78. The van der Waals surface area contributed by atoms with Crippen molar-refractivity contribution in [1.82, 2.24) is 4.98 Å². The van der Waals surface area contributed by atoms with Gasteiger partial charge in [0.2, 0.25) is 0 Å². The summed E-state index contributed by atoms with van der Waals surface area (Å²) in [6.45, 7) is 0. The van der Waals surface area contributed by atoms with Gasteiger partial charge < -0.3 is 0 Å². The minimum Gasteiger partial charge on any atom is -0.259 e. The first-order chi connectivity index (χ1) is 7.36. The average Bonchev–Trinajstić information content (AvgIpc) is 2.30. The molecule has 1 aliphatic rings. The largest absolute Gasteiger partial charge is 0.259 e. The first kappa shape index (κ1) is 8.93. The molecule has 1 aromatic heterocycles. The molecule has 1 heterocycles. The minimum absolute atomic E-state index is 0.0915. The predicted octanol–water partition coefficient (Wildman–Crippen LogP) is 3.31. The number of benzene rings is 1. The van der Waals surface area contributed by atoms with Gasteiger partial charge in [0, 0.05) is 6.20 Å². The van der Waals surface area contributed by atoms with Crippen LogP contribution in [0.2, 0.25) is 0 Å². The van der Waals surface area contributed by atoms with Crippen molar-refractivity contribution < 1.29 is 0 Å². The molecule has 74 valence electrons. The molecule has 0 saturated carbocycles. The number of halogens is 1. The van der Waals surface area contributed by atoms with E-state index in [1.54, 1.807) is 0 Å². The van der Waals surface area contributed by atoms with Crippen LogP contribution in [0.5, 0.6) is 0 Å². The number of nitrogens with zero attached hydrogens (tertiary/aromatic N) is 1. The number of alkyl halides is 1. The van der Waals surface area contributed by atoms with E-state index in [1.807, 2.05) is 18.3 Å². The lowest BCUT2D eigenvalue weighted by Gasteiger charge is -2.22. The number of hydrogen-bond acceptors (Lipinski definition) is 1. The Morgan fingerprint density at radius 2 is 1.87 bits per heavy atom. The average molecular weight is 216 g/mol. The maximum atomic E-state index is 6.42. The molecule has 1 aromatic carbocycles. The Morgan fingerprint density at radius 3 is 2.80 bits per heavy atom. The first-order valence-electron chi connectivity index (χ1n) is 5.02. The molecular formula is C13H10ClN. The van der Waals surface area contributed by atoms with Gasteiger partial charge in [-0.25, -0.2) is 0 Å². The Morgan fingerprint density at radius 1 is 1.07 bits per heavy atom. The number of rotatable bonds is 0. The smallest absolute Gasteiger partial charge is 0.101 e. The maximum Gasteiger partial charge on any atom is 0.101 e. The molecule has 0 radical (unpaired) electrons. The van der Waals surface area contributed by atoms with Gasteiger partial charge in [0.1, 0.15) is 5.38 Å². The minimum atomic E-state index is -0.0915. The fraction of sp³-hybridized carbons (Fsp3) is 0.154. The van der Waals surface area contributed by atoms with Crippen molar-refractivity contribution >= 4 is 11.6 Å². The Balaban J connectivity index is 2.20. The lowest BCUT2D eigenvalue weighted by molar-refractivity contribution is 0.918. The number of fused-ring (bicyclic) bond motifs is 2. The molecule has 0 amide bonds. The van der Waals surface area contributed by atoms with Crippen molar-refractivity contribution in [2.24, 2.45) is 0 Å². The van der Waals surface area contributed by atoms with Crippen LogP contribution in [0.15, 0.2) is 42.6 Å². The van der Waals surface area contributed by atoms with E-state index in [0.717, 1.165) is 12.1 Å². The van der Waals surface area contributed by atoms with E-state index < -0.39 is 0 Å². The highest BCUT2D eigenvalue weighted by Crippen LogP contribution is 2.37. The number of hydrogen-bond donors (Lipinski definition) is 0. The molecule has 0 N–H and O–H groups in total. The quantitative estimate of drug-likeness (QED) is 0.615. The molecular weight excluding hydrogens is 206 g/mol. The van der Waals surface area contributed by atoms with Crippen LogP contribution in [-0.2, 0) is 6.42 Å². The molecule has 3 rings (SSSR count). The van der Waals surface area contributed by atoms with E-state index in [4.69, 9.17) is 11.6 Å². The number of aromatic nitrogens is 1. The third kappa shape index (κ3) is 1.35. The second-order valence-electron chi connectivity index (χ2n) is 3.79. The summed E-state index contributed by atoms with van der Waals surface area (Å²) in [7, 11) is 0. The summed E-state index contributed by atoms with van der Waals surface area (Å²) in [6.07, 6.45) is 2.75. The molecule has 0 spiro atoms. The van der Waals surface area contributed by atoms with Gasteiger partial charge in [-0.05, 0) is 29.2 Å². The molecule has 0 aliphatic heterocycles. The van der Waals surface area contributed by atoms with E-state index >= 15 is 0 Å². The molecule has 15 heavy (non-hydrogen) atoms. The summed E-state index contributed by atoms with van der Waals surface area (Å²) >= 11 is 6.42. The SMILES string of the molecule is Cl[C@H]1c2ccccc2Cc2cccnc21. The molecule has 2 heteroatoms. The van der Waals surface area contributed by atoms with Crippen molar-refractivity contribution in [2.75, 3.05) is 0 Å². The molecule has 0 fully saturated rings. The molecule has 0 unspecified atom stereocenters. The first-order valence-corrected chi connectivity index (χ1v) is 5.45. The highest BCUT2D eigenvalue weighted by atomic mass is 35.5. The van der Waals surface area contributed by atoms with Gasteiger partial charge in [0.25, 0.3) is 0 Å². The van der Waals surface area contributed by atoms with Crippen molar-refractivity contribution in [3.8, 4) is 0 Å². The van der Waals surface area contributed by atoms with E-state index in [9.17, 15) is 0 Å². The Kier molecular flexibility index (Phi) is 2.00. The summed E-state index contributed by atoms with van der Waals surface area (Å²) in [4.78, 5) is 4.37. The van der Waals surface area contributed by atoms with Crippen molar-refractivity contribution in [1.29, 1.82) is 0 Å². The van der Waals surface area contributed by atoms with Crippen LogP contribution in [0.3, 0.4) is 0 Å². The van der Waals surface area contributed by atoms with Gasteiger partial charge in [-0.2, -0.15) is 0 Å². The molecule has 1 atom stereocenters. The molecule has 0 bridgehead atoms. The van der Waals surface area contributed by atoms with Crippen molar-refractivity contribution in [3.05, 3.63) is 65.0 Å². The van der Waals surface area contributed by atoms with Crippen LogP contribution < -0.4 is 0 Å². The Hall–Kier alpha value is -1.34. The number of pyridine rings is 1. The van der Waals surface area contributed by atoms with Gasteiger partial charge >= 0.3 is 0 Å². The lowest BCUT2D eigenvalue weighted by Crippen LogP contribution is -2.11.